The number of nitrogens with one attached hydrogen (secondary N) is 1. The van der Waals surface area contributed by atoms with Crippen LogP contribution in [0.25, 0.3) is 5.70 Å². The predicted octanol–water partition coefficient (Wildman–Crippen LogP) is 1.06. The minimum absolute atomic E-state index is 0.0674. The quantitative estimate of drug-likeness (QED) is 0.779. The highest BCUT2D eigenvalue weighted by Gasteiger charge is 2.42. The normalized spacial score (nSPS) is 22.1. The van der Waals surface area contributed by atoms with Crippen molar-refractivity contribution in [3.63, 3.8) is 0 Å². The number of amides is 3. The van der Waals surface area contributed by atoms with Gasteiger partial charge < -0.3 is 0 Å². The number of hydrogen-bond acceptors (Lipinski definition) is 3. The lowest BCUT2D eigenvalue weighted by Gasteiger charge is -2.30. The highest BCUT2D eigenvalue weighted by atomic mass is 19.1. The molecule has 0 aliphatic carbocycles. The van der Waals surface area contributed by atoms with Gasteiger partial charge >= 0.3 is 0 Å². The summed E-state index contributed by atoms with van der Waals surface area (Å²) in [4.78, 5) is 36.5. The van der Waals surface area contributed by atoms with Crippen LogP contribution < -0.4 is 5.32 Å². The third-order valence-corrected chi connectivity index (χ3v) is 3.57. The van der Waals surface area contributed by atoms with Crippen LogP contribution in [0.2, 0.25) is 0 Å². The lowest BCUT2D eigenvalue weighted by molar-refractivity contribution is -0.136. The van der Waals surface area contributed by atoms with Crippen molar-refractivity contribution in [2.24, 2.45) is 0 Å². The van der Waals surface area contributed by atoms with Crippen LogP contribution >= 0.6 is 0 Å². The number of carbonyl (C=O) groups excluding carboxylic acids is 3. The van der Waals surface area contributed by atoms with E-state index in [1.807, 2.05) is 0 Å². The monoisotopic (exact) mass is 274 g/mol. The fraction of sp³-hybridized carbons (Fsp3) is 0.214. The zero-order valence-corrected chi connectivity index (χ0v) is 10.5. The number of nitrogens with zero attached hydrogens (tertiary/aromatic N) is 1. The van der Waals surface area contributed by atoms with Gasteiger partial charge in [-0.1, -0.05) is 18.7 Å². The van der Waals surface area contributed by atoms with E-state index in [1.165, 1.54) is 17.0 Å². The maximum absolute atomic E-state index is 13.8. The van der Waals surface area contributed by atoms with Crippen LogP contribution in [0.15, 0.2) is 24.8 Å². The second-order valence-electron chi connectivity index (χ2n) is 4.75. The summed E-state index contributed by atoms with van der Waals surface area (Å²) >= 11 is 0. The van der Waals surface area contributed by atoms with Crippen LogP contribution in [-0.2, 0) is 9.59 Å². The molecule has 1 aromatic rings. The number of halogens is 1. The zero-order chi connectivity index (χ0) is 14.4. The highest BCUT2D eigenvalue weighted by Crippen LogP contribution is 2.36. The van der Waals surface area contributed by atoms with Gasteiger partial charge in [0.15, 0.2) is 0 Å². The number of benzene rings is 1. The molecule has 1 fully saturated rings. The SMILES string of the molecule is C=C1c2cccc(F)c2C(=O)N1C1CCC(=O)NC1=O. The van der Waals surface area contributed by atoms with E-state index >= 15 is 0 Å². The molecule has 0 saturated carbocycles. The maximum atomic E-state index is 13.8. The van der Waals surface area contributed by atoms with E-state index in [-0.39, 0.29) is 24.3 Å². The fourth-order valence-corrected chi connectivity index (χ4v) is 2.61. The molecule has 6 heteroatoms. The summed E-state index contributed by atoms with van der Waals surface area (Å²) in [5.41, 5.74) is 0.612. The number of imide groups is 1. The van der Waals surface area contributed by atoms with E-state index in [0.29, 0.717) is 11.3 Å². The van der Waals surface area contributed by atoms with Gasteiger partial charge in [0.05, 0.1) is 5.56 Å². The van der Waals surface area contributed by atoms with Gasteiger partial charge in [-0.05, 0) is 12.5 Å². The summed E-state index contributed by atoms with van der Waals surface area (Å²) in [6.45, 7) is 3.77. The molecule has 2 aliphatic heterocycles. The van der Waals surface area contributed by atoms with Crippen molar-refractivity contribution in [1.29, 1.82) is 0 Å². The third-order valence-electron chi connectivity index (χ3n) is 3.57. The Labute approximate surface area is 114 Å². The van der Waals surface area contributed by atoms with Gasteiger partial charge in [-0.15, -0.1) is 0 Å². The summed E-state index contributed by atoms with van der Waals surface area (Å²) in [6, 6.07) is 3.45. The molecule has 0 bridgehead atoms. The average molecular weight is 274 g/mol. The first-order chi connectivity index (χ1) is 9.50. The van der Waals surface area contributed by atoms with Crippen LogP contribution in [0.3, 0.4) is 0 Å². The molecule has 1 aromatic carbocycles. The molecule has 0 aromatic heterocycles. The Morgan fingerprint density at radius 3 is 2.70 bits per heavy atom. The smallest absolute Gasteiger partial charge is 0.262 e. The Kier molecular flexibility index (Phi) is 2.67. The molecule has 20 heavy (non-hydrogen) atoms. The maximum Gasteiger partial charge on any atom is 0.262 e. The van der Waals surface area contributed by atoms with Crippen LogP contribution in [0, 0.1) is 5.82 Å². The second kappa shape index (κ2) is 4.26. The van der Waals surface area contributed by atoms with Crippen molar-refractivity contribution in [2.45, 2.75) is 18.9 Å². The molecular weight excluding hydrogens is 263 g/mol. The number of fused-ring (bicyclic) bond motifs is 1. The van der Waals surface area contributed by atoms with Crippen molar-refractivity contribution in [3.05, 3.63) is 41.7 Å². The molecule has 0 spiro atoms. The van der Waals surface area contributed by atoms with Gasteiger partial charge in [0, 0.05) is 17.7 Å². The standard InChI is InChI=1S/C14H11FN2O3/c1-7-8-3-2-4-9(15)12(8)14(20)17(7)10-5-6-11(18)16-13(10)19/h2-4,10H,1,5-6H2,(H,16,18,19). The predicted molar refractivity (Wildman–Crippen MR) is 67.8 cm³/mol. The molecule has 1 N–H and O–H groups in total. The third kappa shape index (κ3) is 1.65. The Morgan fingerprint density at radius 2 is 2.05 bits per heavy atom. The van der Waals surface area contributed by atoms with E-state index in [1.54, 1.807) is 6.07 Å². The molecule has 3 amide bonds. The summed E-state index contributed by atoms with van der Waals surface area (Å²) < 4.78 is 13.8. The van der Waals surface area contributed by atoms with Gasteiger partial charge in [0.2, 0.25) is 11.8 Å². The summed E-state index contributed by atoms with van der Waals surface area (Å²) in [7, 11) is 0. The topological polar surface area (TPSA) is 66.5 Å². The Bertz CT molecular complexity index is 668. The van der Waals surface area contributed by atoms with Gasteiger partial charge in [-0.25, -0.2) is 4.39 Å². The number of rotatable bonds is 1. The Balaban J connectivity index is 2.00. The summed E-state index contributed by atoms with van der Waals surface area (Å²) in [6.07, 6.45) is 0.358. The lowest BCUT2D eigenvalue weighted by atomic mass is 10.0. The molecule has 5 nitrogen and oxygen atoms in total. The second-order valence-corrected chi connectivity index (χ2v) is 4.75. The largest absolute Gasteiger partial charge is 0.296 e. The number of piperidine rings is 1. The molecule has 1 unspecified atom stereocenters. The van der Waals surface area contributed by atoms with Gasteiger partial charge in [-0.2, -0.15) is 0 Å². The molecule has 102 valence electrons. The summed E-state index contributed by atoms with van der Waals surface area (Å²) in [5.74, 6) is -2.14. The first-order valence-corrected chi connectivity index (χ1v) is 6.15. The van der Waals surface area contributed by atoms with E-state index in [0.717, 1.165) is 0 Å². The molecular formula is C14H11FN2O3. The van der Waals surface area contributed by atoms with Gasteiger partial charge in [0.25, 0.3) is 5.91 Å². The Morgan fingerprint density at radius 1 is 1.30 bits per heavy atom. The lowest BCUT2D eigenvalue weighted by Crippen LogP contribution is -2.52. The van der Waals surface area contributed by atoms with E-state index < -0.39 is 23.7 Å². The van der Waals surface area contributed by atoms with Crippen LogP contribution in [0.1, 0.15) is 28.8 Å². The van der Waals surface area contributed by atoms with E-state index in [4.69, 9.17) is 0 Å². The minimum atomic E-state index is -0.820. The molecule has 2 aliphatic rings. The van der Waals surface area contributed by atoms with Crippen LogP contribution in [-0.4, -0.2) is 28.7 Å². The van der Waals surface area contributed by atoms with E-state index in [9.17, 15) is 18.8 Å². The fourth-order valence-electron chi connectivity index (χ4n) is 2.61. The van der Waals surface area contributed by atoms with Crippen molar-refractivity contribution in [2.75, 3.05) is 0 Å². The van der Waals surface area contributed by atoms with Crippen molar-refractivity contribution < 1.29 is 18.8 Å². The molecule has 3 rings (SSSR count). The van der Waals surface area contributed by atoms with Gasteiger partial charge in [0.1, 0.15) is 11.9 Å². The van der Waals surface area contributed by atoms with Gasteiger partial charge in [-0.3, -0.25) is 24.6 Å². The summed E-state index contributed by atoms with van der Waals surface area (Å²) in [5, 5.41) is 2.18. The van der Waals surface area contributed by atoms with Crippen LogP contribution in [0.5, 0.6) is 0 Å². The highest BCUT2D eigenvalue weighted by molar-refractivity contribution is 6.12. The average Bonchev–Trinajstić information content (AvgIpc) is 2.64. The van der Waals surface area contributed by atoms with Crippen molar-refractivity contribution >= 4 is 23.4 Å². The first kappa shape index (κ1) is 12.5. The van der Waals surface area contributed by atoms with Crippen molar-refractivity contribution in [1.82, 2.24) is 10.2 Å². The molecule has 0 radical (unpaired) electrons. The Hall–Kier alpha value is -2.50. The molecule has 1 saturated heterocycles. The number of carbonyl (C=O) groups is 3. The molecule has 1 atom stereocenters. The first-order valence-electron chi connectivity index (χ1n) is 6.15. The minimum Gasteiger partial charge on any atom is -0.296 e. The number of hydrogen-bond donors (Lipinski definition) is 1. The van der Waals surface area contributed by atoms with E-state index in [2.05, 4.69) is 11.9 Å². The van der Waals surface area contributed by atoms with Crippen LogP contribution in [0.4, 0.5) is 4.39 Å². The van der Waals surface area contributed by atoms with Crippen molar-refractivity contribution in [3.8, 4) is 0 Å². The zero-order valence-electron chi connectivity index (χ0n) is 10.5. The molecule has 2 heterocycles.